The van der Waals surface area contributed by atoms with Crippen LogP contribution in [-0.2, 0) is 11.3 Å². The fourth-order valence-corrected chi connectivity index (χ4v) is 3.41. The van der Waals surface area contributed by atoms with Crippen LogP contribution >= 0.6 is 11.3 Å². The quantitative estimate of drug-likeness (QED) is 0.625. The van der Waals surface area contributed by atoms with Crippen LogP contribution in [-0.4, -0.2) is 15.5 Å². The molecule has 118 valence electrons. The number of amides is 1. The lowest BCUT2D eigenvalue weighted by molar-refractivity contribution is -0.116. The second kappa shape index (κ2) is 5.90. The molecule has 5 nitrogen and oxygen atoms in total. The molecule has 0 aliphatic rings. The van der Waals surface area contributed by atoms with Gasteiger partial charge in [0.15, 0.2) is 0 Å². The summed E-state index contributed by atoms with van der Waals surface area (Å²) < 4.78 is 1.33. The predicted molar refractivity (Wildman–Crippen MR) is 96.5 cm³/mol. The van der Waals surface area contributed by atoms with Crippen molar-refractivity contribution in [3.63, 3.8) is 0 Å². The van der Waals surface area contributed by atoms with Crippen molar-refractivity contribution in [1.29, 1.82) is 0 Å². The van der Waals surface area contributed by atoms with Gasteiger partial charge in [0.05, 0.1) is 11.7 Å². The molecule has 0 saturated carbocycles. The van der Waals surface area contributed by atoms with Crippen molar-refractivity contribution in [2.45, 2.75) is 6.54 Å². The Morgan fingerprint density at radius 3 is 2.83 bits per heavy atom. The average Bonchev–Trinajstić information content (AvgIpc) is 3.07. The third kappa shape index (κ3) is 2.57. The van der Waals surface area contributed by atoms with Crippen LogP contribution in [0.2, 0.25) is 0 Å². The summed E-state index contributed by atoms with van der Waals surface area (Å²) in [7, 11) is 0. The lowest BCUT2D eigenvalue weighted by Gasteiger charge is -2.09. The molecule has 2 heterocycles. The van der Waals surface area contributed by atoms with E-state index >= 15 is 0 Å². The smallest absolute Gasteiger partial charge is 0.262 e. The van der Waals surface area contributed by atoms with Gasteiger partial charge in [-0.15, -0.1) is 11.3 Å². The lowest BCUT2D eigenvalue weighted by atomic mass is 10.1. The van der Waals surface area contributed by atoms with E-state index in [2.05, 4.69) is 10.3 Å². The zero-order chi connectivity index (χ0) is 16.5. The summed E-state index contributed by atoms with van der Waals surface area (Å²) in [5.74, 6) is -0.259. The van der Waals surface area contributed by atoms with Crippen molar-refractivity contribution in [1.82, 2.24) is 9.55 Å². The maximum atomic E-state index is 12.4. The highest BCUT2D eigenvalue weighted by Crippen LogP contribution is 2.22. The Morgan fingerprint density at radius 1 is 1.08 bits per heavy atom. The SMILES string of the molecule is O=C(Cn1cnc2sccc2c1=O)Nc1cccc2ccccc12. The minimum atomic E-state index is -0.259. The molecule has 0 saturated heterocycles. The third-order valence-electron chi connectivity index (χ3n) is 3.83. The van der Waals surface area contributed by atoms with Crippen LogP contribution in [0.4, 0.5) is 5.69 Å². The molecule has 6 heteroatoms. The number of benzene rings is 2. The van der Waals surface area contributed by atoms with Crippen LogP contribution < -0.4 is 10.9 Å². The van der Waals surface area contributed by atoms with Crippen molar-refractivity contribution >= 4 is 43.9 Å². The van der Waals surface area contributed by atoms with Gasteiger partial charge in [0.2, 0.25) is 5.91 Å². The molecule has 0 unspecified atom stereocenters. The first-order valence-electron chi connectivity index (χ1n) is 7.42. The first kappa shape index (κ1) is 14.6. The Balaban J connectivity index is 1.62. The normalized spacial score (nSPS) is 11.0. The monoisotopic (exact) mass is 335 g/mol. The van der Waals surface area contributed by atoms with E-state index in [1.165, 1.54) is 22.2 Å². The molecule has 0 spiro atoms. The zero-order valence-corrected chi connectivity index (χ0v) is 13.4. The number of anilines is 1. The zero-order valence-electron chi connectivity index (χ0n) is 12.6. The minimum absolute atomic E-state index is 0.0686. The Hall–Kier alpha value is -2.99. The van der Waals surface area contributed by atoms with Gasteiger partial charge in [-0.2, -0.15) is 0 Å². The summed E-state index contributed by atoms with van der Waals surface area (Å²) in [6.45, 7) is -0.0686. The van der Waals surface area contributed by atoms with Crippen LogP contribution in [0.3, 0.4) is 0 Å². The molecule has 0 fully saturated rings. The fraction of sp³-hybridized carbons (Fsp3) is 0.0556. The summed E-state index contributed by atoms with van der Waals surface area (Å²) in [5.41, 5.74) is 0.532. The first-order valence-corrected chi connectivity index (χ1v) is 8.30. The molecule has 4 aromatic rings. The van der Waals surface area contributed by atoms with Crippen LogP contribution in [0.15, 0.2) is 65.0 Å². The molecule has 0 aliphatic heterocycles. The predicted octanol–water partition coefficient (Wildman–Crippen LogP) is 3.25. The van der Waals surface area contributed by atoms with Crippen molar-refractivity contribution in [2.24, 2.45) is 0 Å². The molecule has 1 N–H and O–H groups in total. The Morgan fingerprint density at radius 2 is 1.92 bits per heavy atom. The minimum Gasteiger partial charge on any atom is -0.324 e. The Kier molecular flexibility index (Phi) is 3.59. The van der Waals surface area contributed by atoms with E-state index in [9.17, 15) is 9.59 Å². The summed E-state index contributed by atoms with van der Waals surface area (Å²) >= 11 is 1.41. The molecule has 0 radical (unpaired) electrons. The topological polar surface area (TPSA) is 64.0 Å². The highest BCUT2D eigenvalue weighted by molar-refractivity contribution is 7.16. The number of fused-ring (bicyclic) bond motifs is 2. The highest BCUT2D eigenvalue weighted by Gasteiger charge is 2.10. The van der Waals surface area contributed by atoms with Crippen molar-refractivity contribution in [2.75, 3.05) is 5.32 Å². The Labute approximate surface area is 141 Å². The molecular weight excluding hydrogens is 322 g/mol. The third-order valence-corrected chi connectivity index (χ3v) is 4.65. The lowest BCUT2D eigenvalue weighted by Crippen LogP contribution is -2.27. The van der Waals surface area contributed by atoms with Crippen LogP contribution in [0.1, 0.15) is 0 Å². The summed E-state index contributed by atoms with van der Waals surface area (Å²) in [6, 6.07) is 15.3. The van der Waals surface area contributed by atoms with Gasteiger partial charge in [0.25, 0.3) is 5.56 Å². The van der Waals surface area contributed by atoms with E-state index in [1.54, 1.807) is 6.07 Å². The number of nitrogens with one attached hydrogen (secondary N) is 1. The van der Waals surface area contributed by atoms with Gasteiger partial charge in [-0.25, -0.2) is 4.98 Å². The molecule has 2 aromatic heterocycles. The maximum Gasteiger partial charge on any atom is 0.262 e. The summed E-state index contributed by atoms with van der Waals surface area (Å²) in [4.78, 5) is 29.6. The number of thiophene rings is 1. The molecular formula is C18H13N3O2S. The van der Waals surface area contributed by atoms with Gasteiger partial charge in [-0.3, -0.25) is 14.2 Å². The summed E-state index contributed by atoms with van der Waals surface area (Å²) in [5, 5.41) is 7.25. The number of rotatable bonds is 3. The number of carbonyl (C=O) groups is 1. The van der Waals surface area contributed by atoms with Gasteiger partial charge in [-0.1, -0.05) is 36.4 Å². The van der Waals surface area contributed by atoms with E-state index in [0.717, 1.165) is 16.5 Å². The van der Waals surface area contributed by atoms with Gasteiger partial charge in [0.1, 0.15) is 11.4 Å². The van der Waals surface area contributed by atoms with Crippen molar-refractivity contribution in [3.8, 4) is 0 Å². The molecule has 0 atom stereocenters. The van der Waals surface area contributed by atoms with Crippen LogP contribution in [0, 0.1) is 0 Å². The number of hydrogen-bond acceptors (Lipinski definition) is 4. The second-order valence-electron chi connectivity index (χ2n) is 5.39. The molecule has 4 rings (SSSR count). The first-order chi connectivity index (χ1) is 11.7. The second-order valence-corrected chi connectivity index (χ2v) is 6.29. The van der Waals surface area contributed by atoms with Crippen LogP contribution in [0.25, 0.3) is 21.0 Å². The molecule has 24 heavy (non-hydrogen) atoms. The number of hydrogen-bond donors (Lipinski definition) is 1. The average molecular weight is 335 g/mol. The number of carbonyl (C=O) groups excluding carboxylic acids is 1. The van der Waals surface area contributed by atoms with Gasteiger partial charge < -0.3 is 5.32 Å². The Bertz CT molecular complexity index is 1110. The van der Waals surface area contributed by atoms with Crippen LogP contribution in [0.5, 0.6) is 0 Å². The van der Waals surface area contributed by atoms with E-state index in [1.807, 2.05) is 47.8 Å². The van der Waals surface area contributed by atoms with Crippen molar-refractivity contribution in [3.05, 3.63) is 70.6 Å². The number of aromatic nitrogens is 2. The van der Waals surface area contributed by atoms with E-state index in [0.29, 0.717) is 10.2 Å². The summed E-state index contributed by atoms with van der Waals surface area (Å²) in [6.07, 6.45) is 1.42. The van der Waals surface area contributed by atoms with E-state index in [-0.39, 0.29) is 18.0 Å². The van der Waals surface area contributed by atoms with Gasteiger partial charge >= 0.3 is 0 Å². The maximum absolute atomic E-state index is 12.4. The molecule has 2 aromatic carbocycles. The molecule has 1 amide bonds. The van der Waals surface area contributed by atoms with Crippen molar-refractivity contribution < 1.29 is 4.79 Å². The van der Waals surface area contributed by atoms with Gasteiger partial charge in [0, 0.05) is 11.1 Å². The molecule has 0 bridgehead atoms. The standard InChI is InChI=1S/C18H13N3O2S/c22-16(10-21-11-19-17-14(18(21)23)8-9-24-17)20-15-7-3-5-12-4-1-2-6-13(12)15/h1-9,11H,10H2,(H,20,22). The fourth-order valence-electron chi connectivity index (χ4n) is 2.68. The van der Waals surface area contributed by atoms with E-state index in [4.69, 9.17) is 0 Å². The highest BCUT2D eigenvalue weighted by atomic mass is 32.1. The molecule has 0 aliphatic carbocycles. The van der Waals surface area contributed by atoms with E-state index < -0.39 is 0 Å². The largest absolute Gasteiger partial charge is 0.324 e. The van der Waals surface area contributed by atoms with Gasteiger partial charge in [-0.05, 0) is 22.9 Å². The number of nitrogens with zero attached hydrogens (tertiary/aromatic N) is 2.